The molecule has 0 N–H and O–H groups in total. The summed E-state index contributed by atoms with van der Waals surface area (Å²) in [5.74, 6) is -0.118. The van der Waals surface area contributed by atoms with E-state index in [1.165, 1.54) is 31.2 Å². The Morgan fingerprint density at radius 1 is 1.53 bits per heavy atom. The van der Waals surface area contributed by atoms with Gasteiger partial charge < -0.3 is 0 Å². The molecule has 0 heterocycles. The largest absolute Gasteiger partial charge is 0.295 e. The van der Waals surface area contributed by atoms with Gasteiger partial charge in [0.1, 0.15) is 5.02 Å². The van der Waals surface area contributed by atoms with E-state index in [2.05, 4.69) is 0 Å². The molecule has 5 heteroatoms. The molecule has 0 amide bonds. The quantitative estimate of drug-likeness (QED) is 0.451. The van der Waals surface area contributed by atoms with Crippen LogP contribution in [0.5, 0.6) is 0 Å². The fourth-order valence-electron chi connectivity index (χ4n) is 0.987. The van der Waals surface area contributed by atoms with Gasteiger partial charge in [-0.05, 0) is 24.6 Å². The lowest BCUT2D eigenvalue weighted by Gasteiger charge is -1.96. The summed E-state index contributed by atoms with van der Waals surface area (Å²) in [7, 11) is 0. The smallest absolute Gasteiger partial charge is 0.288 e. The number of ketones is 1. The van der Waals surface area contributed by atoms with Gasteiger partial charge in [-0.1, -0.05) is 23.7 Å². The zero-order valence-corrected chi connectivity index (χ0v) is 8.69. The molecule has 78 valence electrons. The molecule has 0 aliphatic rings. The van der Waals surface area contributed by atoms with Crippen molar-refractivity contribution in [1.82, 2.24) is 0 Å². The molecule has 0 bridgehead atoms. The highest BCUT2D eigenvalue weighted by Gasteiger charge is 2.11. The van der Waals surface area contributed by atoms with Gasteiger partial charge in [-0.3, -0.25) is 14.9 Å². The van der Waals surface area contributed by atoms with E-state index in [-0.39, 0.29) is 16.5 Å². The number of carbonyl (C=O) groups excluding carboxylic acids is 1. The second kappa shape index (κ2) is 4.70. The Labute approximate surface area is 91.3 Å². The van der Waals surface area contributed by atoms with Crippen molar-refractivity contribution >= 4 is 29.1 Å². The van der Waals surface area contributed by atoms with Crippen molar-refractivity contribution in [2.24, 2.45) is 0 Å². The Balaban J connectivity index is 3.08. The highest BCUT2D eigenvalue weighted by Crippen LogP contribution is 2.25. The summed E-state index contributed by atoms with van der Waals surface area (Å²) in [6, 6.07) is 4.36. The first-order chi connectivity index (χ1) is 7.00. The minimum Gasteiger partial charge on any atom is -0.295 e. The Kier molecular flexibility index (Phi) is 3.57. The lowest BCUT2D eigenvalue weighted by molar-refractivity contribution is -0.384. The first kappa shape index (κ1) is 11.4. The standard InChI is InChI=1S/C10H8ClNO3/c1-7(13)2-3-8-4-5-9(11)10(6-8)12(14)15/h2-6H,1H3/b3-2+. The normalized spacial score (nSPS) is 10.5. The summed E-state index contributed by atoms with van der Waals surface area (Å²) in [6.07, 6.45) is 2.85. The minimum atomic E-state index is -0.562. The molecule has 0 fully saturated rings. The van der Waals surface area contributed by atoms with Gasteiger partial charge in [0.2, 0.25) is 0 Å². The minimum absolute atomic E-state index is 0.0833. The number of nitro groups is 1. The van der Waals surface area contributed by atoms with E-state index in [0.29, 0.717) is 5.56 Å². The molecule has 0 radical (unpaired) electrons. The summed E-state index contributed by atoms with van der Waals surface area (Å²) in [5.41, 5.74) is 0.406. The first-order valence-electron chi connectivity index (χ1n) is 4.13. The topological polar surface area (TPSA) is 60.2 Å². The second-order valence-electron chi connectivity index (χ2n) is 2.91. The maximum Gasteiger partial charge on any atom is 0.288 e. The molecular formula is C10H8ClNO3. The van der Waals surface area contributed by atoms with Crippen LogP contribution in [0.3, 0.4) is 0 Å². The van der Waals surface area contributed by atoms with Crippen LogP contribution in [0.1, 0.15) is 12.5 Å². The highest BCUT2D eigenvalue weighted by molar-refractivity contribution is 6.32. The summed E-state index contributed by atoms with van der Waals surface area (Å²) in [6.45, 7) is 1.40. The molecule has 0 saturated heterocycles. The first-order valence-corrected chi connectivity index (χ1v) is 4.51. The zero-order valence-electron chi connectivity index (χ0n) is 7.94. The van der Waals surface area contributed by atoms with Crippen LogP contribution in [0.15, 0.2) is 24.3 Å². The number of carbonyl (C=O) groups is 1. The molecule has 0 aromatic heterocycles. The van der Waals surface area contributed by atoms with Crippen molar-refractivity contribution in [3.63, 3.8) is 0 Å². The predicted molar refractivity (Wildman–Crippen MR) is 57.8 cm³/mol. The molecule has 15 heavy (non-hydrogen) atoms. The Bertz CT molecular complexity index is 440. The van der Waals surface area contributed by atoms with Crippen molar-refractivity contribution < 1.29 is 9.72 Å². The monoisotopic (exact) mass is 225 g/mol. The van der Waals surface area contributed by atoms with Crippen LogP contribution >= 0.6 is 11.6 Å². The van der Waals surface area contributed by atoms with Gasteiger partial charge in [-0.25, -0.2) is 0 Å². The SMILES string of the molecule is CC(=O)/C=C/c1ccc(Cl)c([N+](=O)[O-])c1. The van der Waals surface area contributed by atoms with E-state index < -0.39 is 4.92 Å². The number of rotatable bonds is 3. The predicted octanol–water partition coefficient (Wildman–Crippen LogP) is 2.85. The number of halogens is 1. The molecule has 1 rings (SSSR count). The average Bonchev–Trinajstić information content (AvgIpc) is 2.16. The zero-order chi connectivity index (χ0) is 11.4. The van der Waals surface area contributed by atoms with E-state index in [0.717, 1.165) is 0 Å². The molecular weight excluding hydrogens is 218 g/mol. The molecule has 0 unspecified atom stereocenters. The van der Waals surface area contributed by atoms with E-state index in [1.54, 1.807) is 6.07 Å². The van der Waals surface area contributed by atoms with Crippen LogP contribution in [0.2, 0.25) is 5.02 Å². The second-order valence-corrected chi connectivity index (χ2v) is 3.32. The number of allylic oxidation sites excluding steroid dienone is 1. The van der Waals surface area contributed by atoms with Gasteiger partial charge in [0.05, 0.1) is 4.92 Å². The van der Waals surface area contributed by atoms with Gasteiger partial charge in [0.15, 0.2) is 5.78 Å². The van der Waals surface area contributed by atoms with E-state index in [9.17, 15) is 14.9 Å². The molecule has 0 spiro atoms. The third kappa shape index (κ3) is 3.18. The lowest BCUT2D eigenvalue weighted by Crippen LogP contribution is -1.89. The summed E-state index contributed by atoms with van der Waals surface area (Å²) >= 11 is 5.62. The van der Waals surface area contributed by atoms with E-state index >= 15 is 0 Å². The van der Waals surface area contributed by atoms with Gasteiger partial charge in [-0.2, -0.15) is 0 Å². The number of hydrogen-bond acceptors (Lipinski definition) is 3. The van der Waals surface area contributed by atoms with Gasteiger partial charge in [-0.15, -0.1) is 0 Å². The summed E-state index contributed by atoms with van der Waals surface area (Å²) in [5, 5.41) is 10.6. The van der Waals surface area contributed by atoms with Crippen LogP contribution in [0, 0.1) is 10.1 Å². The molecule has 0 aliphatic carbocycles. The van der Waals surface area contributed by atoms with Crippen LogP contribution in [0.4, 0.5) is 5.69 Å². The molecule has 0 aliphatic heterocycles. The third-order valence-electron chi connectivity index (χ3n) is 1.68. The highest BCUT2D eigenvalue weighted by atomic mass is 35.5. The van der Waals surface area contributed by atoms with Crippen molar-refractivity contribution in [3.8, 4) is 0 Å². The number of benzene rings is 1. The fourth-order valence-corrected chi connectivity index (χ4v) is 1.17. The fraction of sp³-hybridized carbons (Fsp3) is 0.100. The van der Waals surface area contributed by atoms with E-state index in [4.69, 9.17) is 11.6 Å². The maximum absolute atomic E-state index is 10.7. The van der Waals surface area contributed by atoms with Crippen molar-refractivity contribution in [1.29, 1.82) is 0 Å². The summed E-state index contributed by atoms with van der Waals surface area (Å²) in [4.78, 5) is 20.6. The Morgan fingerprint density at radius 3 is 2.73 bits per heavy atom. The number of nitrogens with zero attached hydrogens (tertiary/aromatic N) is 1. The lowest BCUT2D eigenvalue weighted by atomic mass is 10.2. The van der Waals surface area contributed by atoms with Crippen molar-refractivity contribution in [2.45, 2.75) is 6.92 Å². The van der Waals surface area contributed by atoms with Crippen molar-refractivity contribution in [3.05, 3.63) is 45.0 Å². The number of hydrogen-bond donors (Lipinski definition) is 0. The van der Waals surface area contributed by atoms with Gasteiger partial charge in [0.25, 0.3) is 5.69 Å². The maximum atomic E-state index is 10.7. The number of nitro benzene ring substituents is 1. The van der Waals surface area contributed by atoms with Crippen LogP contribution in [0.25, 0.3) is 6.08 Å². The van der Waals surface area contributed by atoms with Crippen LogP contribution < -0.4 is 0 Å². The van der Waals surface area contributed by atoms with Crippen LogP contribution in [-0.4, -0.2) is 10.7 Å². The van der Waals surface area contributed by atoms with E-state index in [1.807, 2.05) is 0 Å². The average molecular weight is 226 g/mol. The molecule has 1 aromatic rings. The molecule has 0 saturated carbocycles. The Morgan fingerprint density at radius 2 is 2.20 bits per heavy atom. The van der Waals surface area contributed by atoms with Gasteiger partial charge >= 0.3 is 0 Å². The van der Waals surface area contributed by atoms with Crippen LogP contribution in [-0.2, 0) is 4.79 Å². The summed E-state index contributed by atoms with van der Waals surface area (Å²) < 4.78 is 0. The Hall–Kier alpha value is -1.68. The molecule has 1 aromatic carbocycles. The third-order valence-corrected chi connectivity index (χ3v) is 2.00. The molecule has 0 atom stereocenters. The van der Waals surface area contributed by atoms with Crippen molar-refractivity contribution in [2.75, 3.05) is 0 Å². The van der Waals surface area contributed by atoms with Gasteiger partial charge in [0, 0.05) is 6.07 Å². The molecule has 4 nitrogen and oxygen atoms in total.